The predicted octanol–water partition coefficient (Wildman–Crippen LogP) is 7.65. The number of hydrogen-bond acceptors (Lipinski definition) is 0. The van der Waals surface area contributed by atoms with Crippen LogP contribution in [0, 0.1) is 5.92 Å². The first kappa shape index (κ1) is 25.3. The molecule has 0 aliphatic heterocycles. The monoisotopic (exact) mass is 346 g/mol. The second-order valence-electron chi connectivity index (χ2n) is 6.61. The zero-order valence-corrected chi connectivity index (χ0v) is 15.1. The first-order valence-electron chi connectivity index (χ1n) is 9.49. The second kappa shape index (κ2) is 20.1. The fraction of sp³-hybridized carbons (Fsp3) is 0.714. The van der Waals surface area contributed by atoms with E-state index >= 15 is 0 Å². The van der Waals surface area contributed by atoms with Gasteiger partial charge < -0.3 is 0 Å². The maximum Gasteiger partial charge on any atom is 0.0894 e. The van der Waals surface area contributed by atoms with Crippen molar-refractivity contribution in [2.75, 3.05) is 6.67 Å². The minimum Gasteiger partial charge on any atom is -0.269 e. The van der Waals surface area contributed by atoms with Gasteiger partial charge in [0.1, 0.15) is 0 Å². The molecule has 0 N–H and O–H groups in total. The van der Waals surface area contributed by atoms with Crippen molar-refractivity contribution in [2.45, 2.75) is 83.5 Å². The minimum atomic E-state index is -0.115. The molecule has 0 saturated heterocycles. The summed E-state index contributed by atoms with van der Waals surface area (Å²) in [5.41, 5.74) is 0. The Bertz CT molecular complexity index is 268. The fourth-order valence-electron chi connectivity index (χ4n) is 3.29. The maximum absolute atomic E-state index is 11.7. The van der Waals surface area contributed by atoms with Crippen molar-refractivity contribution in [1.29, 1.82) is 0 Å². The van der Waals surface area contributed by atoms with Gasteiger partial charge in [0.2, 0.25) is 0 Å². The molecule has 2 saturated carbocycles. The average Bonchev–Trinajstić information content (AvgIpc) is 2.65. The minimum absolute atomic E-state index is 0. The molecule has 2 aliphatic rings. The number of benzene rings is 1. The lowest BCUT2D eigenvalue weighted by Crippen LogP contribution is -2.05. The summed E-state index contributed by atoms with van der Waals surface area (Å²) in [4.78, 5) is 0. The summed E-state index contributed by atoms with van der Waals surface area (Å²) in [6, 6.07) is 12.0. The van der Waals surface area contributed by atoms with Crippen molar-refractivity contribution < 1.29 is 13.8 Å². The average molecular weight is 347 g/mol. The highest BCUT2D eigenvalue weighted by Gasteiger charge is 2.11. The van der Waals surface area contributed by atoms with Gasteiger partial charge in [-0.2, -0.15) is 0 Å². The van der Waals surface area contributed by atoms with Crippen LogP contribution in [0.25, 0.3) is 0 Å². The van der Waals surface area contributed by atoms with Crippen LogP contribution in [-0.2, 0) is 0 Å². The third kappa shape index (κ3) is 15.9. The van der Waals surface area contributed by atoms with Gasteiger partial charge in [-0.1, -0.05) is 107 Å². The molecule has 0 aromatic heterocycles. The van der Waals surface area contributed by atoms with Crippen molar-refractivity contribution >= 4 is 0 Å². The van der Waals surface area contributed by atoms with Crippen LogP contribution in [0.1, 0.15) is 83.5 Å². The topological polar surface area (TPSA) is 0 Å². The molecular formula is C21H37F3. The molecule has 0 atom stereocenters. The van der Waals surface area contributed by atoms with E-state index in [4.69, 9.17) is 0 Å². The van der Waals surface area contributed by atoms with Crippen molar-refractivity contribution in [3.63, 3.8) is 0 Å². The quantitative estimate of drug-likeness (QED) is 0.527. The highest BCUT2D eigenvalue weighted by molar-refractivity contribution is 4.99. The van der Waals surface area contributed by atoms with Crippen LogP contribution in [0.15, 0.2) is 36.4 Å². The van der Waals surface area contributed by atoms with Gasteiger partial charge in [0, 0.05) is 0 Å². The van der Waals surface area contributed by atoms with Gasteiger partial charge in [0.15, 0.2) is 0 Å². The van der Waals surface area contributed by atoms with E-state index in [0.29, 0.717) is 0 Å². The lowest BCUT2D eigenvalue weighted by molar-refractivity contribution is 0.316. The molecule has 1 aromatic carbocycles. The van der Waals surface area contributed by atoms with Gasteiger partial charge in [-0.25, -0.2) is 0 Å². The lowest BCUT2D eigenvalue weighted by Gasteiger charge is -2.20. The highest BCUT2D eigenvalue weighted by atomic mass is 19.1. The van der Waals surface area contributed by atoms with Crippen LogP contribution >= 0.6 is 0 Å². The van der Waals surface area contributed by atoms with Gasteiger partial charge in [0.05, 0.1) is 6.67 Å². The van der Waals surface area contributed by atoms with E-state index in [2.05, 4.69) is 0 Å². The van der Waals surface area contributed by atoms with E-state index < -0.39 is 0 Å². The van der Waals surface area contributed by atoms with Crippen LogP contribution < -0.4 is 0 Å². The van der Waals surface area contributed by atoms with Crippen molar-refractivity contribution in [3.05, 3.63) is 36.4 Å². The Balaban J connectivity index is 0. The Morgan fingerprint density at radius 2 is 0.917 bits per heavy atom. The molecule has 0 bridgehead atoms. The first-order valence-corrected chi connectivity index (χ1v) is 9.49. The largest absolute Gasteiger partial charge is 0.269 e. The molecule has 3 heteroatoms. The summed E-state index contributed by atoms with van der Waals surface area (Å²) in [6.45, 7) is -0.115. The summed E-state index contributed by atoms with van der Waals surface area (Å²) < 4.78 is 11.7. The molecule has 24 heavy (non-hydrogen) atoms. The van der Waals surface area contributed by atoms with Crippen LogP contribution in [-0.4, -0.2) is 6.67 Å². The Kier molecular flexibility index (Phi) is 21.1. The highest BCUT2D eigenvalue weighted by Crippen LogP contribution is 2.27. The molecule has 3 rings (SSSR count). The van der Waals surface area contributed by atoms with Crippen molar-refractivity contribution in [3.8, 4) is 0 Å². The summed E-state index contributed by atoms with van der Waals surface area (Å²) in [5, 5.41) is 0. The van der Waals surface area contributed by atoms with Crippen LogP contribution in [0.3, 0.4) is 0 Å². The molecule has 0 unspecified atom stereocenters. The summed E-state index contributed by atoms with van der Waals surface area (Å²) in [7, 11) is 0. The second-order valence-corrected chi connectivity index (χ2v) is 6.61. The third-order valence-corrected chi connectivity index (χ3v) is 4.64. The predicted molar refractivity (Wildman–Crippen MR) is 101 cm³/mol. The molecule has 0 radical (unpaired) electrons. The zero-order valence-electron chi connectivity index (χ0n) is 15.1. The third-order valence-electron chi connectivity index (χ3n) is 4.64. The number of halogens is 3. The van der Waals surface area contributed by atoms with E-state index in [1.54, 1.807) is 0 Å². The summed E-state index contributed by atoms with van der Waals surface area (Å²) >= 11 is 0. The normalized spacial score (nSPS) is 16.9. The van der Waals surface area contributed by atoms with Crippen molar-refractivity contribution in [2.24, 2.45) is 5.92 Å². The van der Waals surface area contributed by atoms with Crippen LogP contribution in [0.5, 0.6) is 0 Å². The van der Waals surface area contributed by atoms with Gasteiger partial charge >= 0.3 is 0 Å². The summed E-state index contributed by atoms with van der Waals surface area (Å²) in [6.07, 6.45) is 17.8. The molecule has 0 heterocycles. The van der Waals surface area contributed by atoms with E-state index in [1.165, 1.54) is 70.6 Å². The van der Waals surface area contributed by atoms with E-state index in [-0.39, 0.29) is 16.1 Å². The number of rotatable bonds is 3. The Hall–Kier alpha value is -0.990. The molecule has 0 nitrogen and oxygen atoms in total. The molecule has 2 fully saturated rings. The number of hydrogen-bond donors (Lipinski definition) is 0. The molecule has 1 aromatic rings. The molecule has 0 spiro atoms. The molecular weight excluding hydrogens is 309 g/mol. The molecule has 0 amide bonds. The maximum atomic E-state index is 11.7. The Labute approximate surface area is 147 Å². The zero-order chi connectivity index (χ0) is 15.7. The van der Waals surface area contributed by atoms with Gasteiger partial charge in [0.25, 0.3) is 0 Å². The fourth-order valence-corrected chi connectivity index (χ4v) is 3.29. The van der Waals surface area contributed by atoms with E-state index in [9.17, 15) is 4.39 Å². The van der Waals surface area contributed by atoms with Gasteiger partial charge in [-0.15, -0.1) is 0 Å². The molecule has 2 aliphatic carbocycles. The smallest absolute Gasteiger partial charge is 0.0894 e. The van der Waals surface area contributed by atoms with Crippen LogP contribution in [0.4, 0.5) is 13.8 Å². The first-order chi connectivity index (χ1) is 10.9. The SMILES string of the molecule is C1CCCCC1.F.F.FCCCC1CCCCC1.c1ccccc1. The van der Waals surface area contributed by atoms with Gasteiger partial charge in [-0.3, -0.25) is 13.8 Å². The Morgan fingerprint density at radius 1 is 0.583 bits per heavy atom. The van der Waals surface area contributed by atoms with Gasteiger partial charge in [-0.05, 0) is 18.8 Å². The lowest BCUT2D eigenvalue weighted by atomic mass is 9.86. The Morgan fingerprint density at radius 3 is 1.25 bits per heavy atom. The number of alkyl halides is 1. The molecule has 142 valence electrons. The standard InChI is InChI=1S/C9H17F.C6H12.C6H6.2FH/c10-8-4-7-9-5-2-1-3-6-9;2*1-2-4-6-5-3-1;;/h9H,1-8H2;1-6H2;1-6H;2*1H. The van der Waals surface area contributed by atoms with Crippen LogP contribution in [0.2, 0.25) is 0 Å². The summed E-state index contributed by atoms with van der Waals surface area (Å²) in [5.74, 6) is 0.865. The van der Waals surface area contributed by atoms with E-state index in [0.717, 1.165) is 18.8 Å². The van der Waals surface area contributed by atoms with Crippen molar-refractivity contribution in [1.82, 2.24) is 0 Å². The van der Waals surface area contributed by atoms with E-state index in [1.807, 2.05) is 36.4 Å².